The van der Waals surface area contributed by atoms with E-state index < -0.39 is 51.1 Å². The molecule has 6 aromatic rings. The van der Waals surface area contributed by atoms with E-state index in [2.05, 4.69) is 13.8 Å². The molecule has 113 heavy (non-hydrogen) atoms. The number of rotatable bonds is 45. The molecule has 0 spiro atoms. The molecule has 0 aromatic heterocycles. The lowest BCUT2D eigenvalue weighted by atomic mass is 9.82. The smallest absolute Gasteiger partial charge is 0.367 e. The molecule has 2 N–H and O–H groups in total. The number of amides is 4. The molecule has 20 nitrogen and oxygen atoms in total. The van der Waals surface area contributed by atoms with Gasteiger partial charge in [-0.15, -0.1) is 0 Å². The fraction of sp³-hybridized carbons (Fsp3) is 0.604. The number of imide groups is 2. The number of thioether (sulfide) groups is 2. The van der Waals surface area contributed by atoms with Crippen LogP contribution in [0.1, 0.15) is 292 Å². The van der Waals surface area contributed by atoms with Gasteiger partial charge in [0.15, 0.2) is 0 Å². The first-order valence-electron chi connectivity index (χ1n) is 41.2. The summed E-state index contributed by atoms with van der Waals surface area (Å²) in [5.41, 5.74) is 1.01. The van der Waals surface area contributed by atoms with Gasteiger partial charge in [0, 0.05) is 62.9 Å². The number of fused-ring (bicyclic) bond motifs is 2. The lowest BCUT2D eigenvalue weighted by molar-refractivity contribution is -0.160. The van der Waals surface area contributed by atoms with Gasteiger partial charge in [0.2, 0.25) is 0 Å². The minimum Gasteiger partial charge on any atom is -0.465 e. The van der Waals surface area contributed by atoms with Crippen molar-refractivity contribution < 1.29 is 86.6 Å². The van der Waals surface area contributed by atoms with Crippen molar-refractivity contribution in [3.05, 3.63) is 107 Å². The zero-order valence-electron chi connectivity index (χ0n) is 70.2. The van der Waals surface area contributed by atoms with E-state index >= 15 is 0 Å². The van der Waals surface area contributed by atoms with E-state index in [4.69, 9.17) is 28.4 Å². The van der Waals surface area contributed by atoms with E-state index in [1.807, 2.05) is 148 Å². The minimum absolute atomic E-state index is 0.130. The van der Waals surface area contributed by atoms with E-state index in [1.165, 1.54) is 55.2 Å². The summed E-state index contributed by atoms with van der Waals surface area (Å²) in [6.45, 7) is 31.0. The van der Waals surface area contributed by atoms with Crippen LogP contribution in [0.5, 0.6) is 0 Å². The molecule has 0 saturated carbocycles. The van der Waals surface area contributed by atoms with E-state index in [0.29, 0.717) is 89.3 Å². The first kappa shape index (κ1) is 94.2. The second-order valence-corrected chi connectivity index (χ2v) is 35.3. The Hall–Kier alpha value is -7.66. The number of hydrogen-bond donors (Lipinski definition) is 2. The largest absolute Gasteiger partial charge is 0.465 e. The molecule has 0 aliphatic carbocycles. The zero-order valence-corrected chi connectivity index (χ0v) is 71.9. The van der Waals surface area contributed by atoms with Crippen molar-refractivity contribution in [2.24, 2.45) is 27.6 Å². The van der Waals surface area contributed by atoms with Gasteiger partial charge < -0.3 is 38.6 Å². The molecule has 0 saturated heterocycles. The highest BCUT2D eigenvalue weighted by Gasteiger charge is 2.40. The van der Waals surface area contributed by atoms with Gasteiger partial charge in [0.1, 0.15) is 38.6 Å². The lowest BCUT2D eigenvalue weighted by Crippen LogP contribution is -2.47. The van der Waals surface area contributed by atoms with Crippen LogP contribution in [0.25, 0.3) is 43.1 Å². The molecular formula is C91H128N2O18S2. The van der Waals surface area contributed by atoms with Gasteiger partial charge in [-0.3, -0.25) is 53.0 Å². The van der Waals surface area contributed by atoms with Crippen molar-refractivity contribution in [2.75, 3.05) is 63.4 Å². The number of hydrogen-bond acceptors (Lipinski definition) is 20. The SMILES string of the molecule is CCC(C)(C)C(=O)OCC(O)COC(=O)CCSCC(C)(C)C(=O)OCC(C)C.CCC(C)(C)C(=O)OCC(O)COC(=O)SCC(C)c1ccccc1.CCCCCCCC(CCCCCCC)N1C(=O)c2ccc3c4ccc5c6c(ccc(c7ccc(c2c37)C1=O)c64)C(=O)N(CCCCCCOC(=O)C(C)(C)CC)C5=O. The second kappa shape index (κ2) is 45.0. The molecule has 2 heterocycles. The predicted molar refractivity (Wildman–Crippen MR) is 451 cm³/mol. The summed E-state index contributed by atoms with van der Waals surface area (Å²) >= 11 is 2.54. The Bertz CT molecular complexity index is 4030. The summed E-state index contributed by atoms with van der Waals surface area (Å²) in [7, 11) is 0. The van der Waals surface area contributed by atoms with E-state index in [9.17, 15) is 58.2 Å². The first-order valence-corrected chi connectivity index (χ1v) is 43.3. The summed E-state index contributed by atoms with van der Waals surface area (Å²) in [5, 5.41) is 25.9. The molecule has 8 rings (SSSR count). The van der Waals surface area contributed by atoms with Gasteiger partial charge in [-0.1, -0.05) is 181 Å². The summed E-state index contributed by atoms with van der Waals surface area (Å²) in [6, 6.07) is 25.2. The number of esters is 5. The standard InChI is InChI=1S/C51H62N2O6.C21H38O7S.C19H28O5S/c1-6-9-11-13-17-21-33(22-18-14-12-10-7-2)53-48(56)40-29-25-36-34-23-27-38-44-39(28-24-35(42(34)44)37-26-30-41(49(53)57)45(40)43(36)37)47(55)52(46(38)54)31-19-15-16-20-32-59-50(58)51(4,5)8-3;1-8-20(4,5)18(24)28-13-16(22)12-26-17(23)9-10-29-14-21(6,7)19(25)27-11-15(2)3;1-5-19(3,4)17(21)23-11-16(20)12-24-18(22)25-13-14(2)15-9-7-6-8-10-15/h23-30,33H,6-22,31-32H2,1-5H3;15-16,22H,8-14H2,1-7H3;6-10,14,16,20H,5,11-13H2,1-4H3. The summed E-state index contributed by atoms with van der Waals surface area (Å²) < 4.78 is 30.9. The quantitative estimate of drug-likeness (QED) is 0.00897. The Morgan fingerprint density at radius 3 is 1.28 bits per heavy atom. The van der Waals surface area contributed by atoms with E-state index in [0.717, 1.165) is 114 Å². The maximum atomic E-state index is 14.5. The first-order chi connectivity index (χ1) is 53.6. The number of aliphatic hydroxyl groups is 2. The Labute approximate surface area is 679 Å². The third-order valence-corrected chi connectivity index (χ3v) is 24.1. The van der Waals surface area contributed by atoms with Gasteiger partial charge in [0.05, 0.1) is 41.3 Å². The highest BCUT2D eigenvalue weighted by molar-refractivity contribution is 8.13. The fourth-order valence-electron chi connectivity index (χ4n) is 13.1. The molecule has 4 amide bonds. The monoisotopic (exact) mass is 1600 g/mol. The van der Waals surface area contributed by atoms with Gasteiger partial charge in [-0.25, -0.2) is 4.79 Å². The number of carbonyl (C=O) groups excluding carboxylic acids is 10. The Morgan fingerprint density at radius 1 is 0.434 bits per heavy atom. The van der Waals surface area contributed by atoms with Crippen molar-refractivity contribution in [2.45, 2.75) is 263 Å². The average molecular weight is 1600 g/mol. The van der Waals surface area contributed by atoms with Crippen LogP contribution in [0.4, 0.5) is 4.79 Å². The van der Waals surface area contributed by atoms with Gasteiger partial charge in [-0.05, 0) is 193 Å². The third kappa shape index (κ3) is 26.4. The third-order valence-electron chi connectivity index (χ3n) is 21.7. The van der Waals surface area contributed by atoms with Crippen LogP contribution >= 0.6 is 23.5 Å². The normalized spacial score (nSPS) is 13.9. The molecule has 0 fully saturated rings. The van der Waals surface area contributed by atoms with Gasteiger partial charge >= 0.3 is 35.1 Å². The average Bonchev–Trinajstić information content (AvgIpc) is 0.690. The van der Waals surface area contributed by atoms with Crippen molar-refractivity contribution in [3.8, 4) is 0 Å². The van der Waals surface area contributed by atoms with Crippen LogP contribution in [-0.2, 0) is 52.4 Å². The van der Waals surface area contributed by atoms with Gasteiger partial charge in [0.25, 0.3) is 23.6 Å². The predicted octanol–water partition coefficient (Wildman–Crippen LogP) is 19.8. The zero-order chi connectivity index (χ0) is 83.4. The van der Waals surface area contributed by atoms with Crippen molar-refractivity contribution >= 4 is 125 Å². The Kier molecular flexibility index (Phi) is 37.5. The summed E-state index contributed by atoms with van der Waals surface area (Å²) in [5.74, 6) is -0.495. The number of benzene rings is 6. The maximum Gasteiger partial charge on any atom is 0.367 e. The molecule has 622 valence electrons. The summed E-state index contributed by atoms with van der Waals surface area (Å²) in [4.78, 5) is 132. The lowest BCUT2D eigenvalue weighted by Gasteiger charge is -2.35. The minimum atomic E-state index is -1.06. The van der Waals surface area contributed by atoms with Crippen LogP contribution in [-0.4, -0.2) is 160 Å². The number of ether oxygens (including phenoxy) is 6. The number of aliphatic hydroxyl groups excluding tert-OH is 2. The number of carbonyl (C=O) groups is 10. The number of unbranched alkanes of at least 4 members (excludes halogenated alkanes) is 11. The highest BCUT2D eigenvalue weighted by atomic mass is 32.2. The molecule has 0 radical (unpaired) electrons. The van der Waals surface area contributed by atoms with Crippen LogP contribution in [0.2, 0.25) is 0 Å². The molecule has 2 aliphatic rings. The maximum absolute atomic E-state index is 14.5. The Morgan fingerprint density at radius 2 is 0.832 bits per heavy atom. The van der Waals surface area contributed by atoms with Gasteiger partial charge in [-0.2, -0.15) is 11.8 Å². The summed E-state index contributed by atoms with van der Waals surface area (Å²) in [6.07, 6.45) is 16.1. The molecule has 0 bridgehead atoms. The molecule has 2 aliphatic heterocycles. The van der Waals surface area contributed by atoms with E-state index in [1.54, 1.807) is 32.6 Å². The molecule has 6 aromatic carbocycles. The van der Waals surface area contributed by atoms with Crippen molar-refractivity contribution in [1.82, 2.24) is 9.80 Å². The second-order valence-electron chi connectivity index (χ2n) is 33.3. The Balaban J connectivity index is 0.000000307. The van der Waals surface area contributed by atoms with Crippen LogP contribution < -0.4 is 0 Å². The van der Waals surface area contributed by atoms with E-state index in [-0.39, 0.29) is 92.3 Å². The molecule has 22 heteroatoms. The van der Waals surface area contributed by atoms with Crippen molar-refractivity contribution in [1.29, 1.82) is 0 Å². The van der Waals surface area contributed by atoms with Crippen LogP contribution in [0.3, 0.4) is 0 Å². The van der Waals surface area contributed by atoms with Crippen LogP contribution in [0, 0.1) is 27.6 Å². The molecule has 3 unspecified atom stereocenters. The van der Waals surface area contributed by atoms with Crippen LogP contribution in [0.15, 0.2) is 78.9 Å². The topological polar surface area (TPSA) is 273 Å². The molecule has 3 atom stereocenters. The highest BCUT2D eigenvalue weighted by Crippen LogP contribution is 2.47. The number of nitrogens with zero attached hydrogens (tertiary/aromatic N) is 2. The molecular weight excluding hydrogens is 1470 g/mol. The van der Waals surface area contributed by atoms with Crippen molar-refractivity contribution in [3.63, 3.8) is 0 Å². The fourth-order valence-corrected chi connectivity index (χ4v) is 14.9.